The molecule has 0 saturated carbocycles. The van der Waals surface area contributed by atoms with Gasteiger partial charge in [0.1, 0.15) is 12.3 Å². The molecule has 1 aliphatic rings. The van der Waals surface area contributed by atoms with Crippen molar-refractivity contribution in [3.8, 4) is 5.75 Å². The van der Waals surface area contributed by atoms with E-state index >= 15 is 0 Å². The minimum Gasteiger partial charge on any atom is -0.493 e. The van der Waals surface area contributed by atoms with Crippen LogP contribution in [0, 0.1) is 12.8 Å². The Morgan fingerprint density at radius 2 is 2.12 bits per heavy atom. The van der Waals surface area contributed by atoms with E-state index in [0.29, 0.717) is 18.6 Å². The van der Waals surface area contributed by atoms with Gasteiger partial charge in [-0.2, -0.15) is 0 Å². The number of quaternary nitrogens is 1. The lowest BCUT2D eigenvalue weighted by Crippen LogP contribution is -3.15. The molecular weight excluding hydrogens is 324 g/mol. The van der Waals surface area contributed by atoms with Crippen LogP contribution < -0.4 is 15.1 Å². The second kappa shape index (κ2) is 8.26. The molecule has 0 radical (unpaired) electrons. The first-order chi connectivity index (χ1) is 12.5. The van der Waals surface area contributed by atoms with Crippen LogP contribution in [-0.4, -0.2) is 24.2 Å². The van der Waals surface area contributed by atoms with Crippen molar-refractivity contribution < 1.29 is 9.64 Å². The topological polar surface area (TPSA) is 46.5 Å². The number of fused-ring (bicyclic) bond motifs is 1. The van der Waals surface area contributed by atoms with Gasteiger partial charge < -0.3 is 14.6 Å². The van der Waals surface area contributed by atoms with Gasteiger partial charge >= 0.3 is 0 Å². The number of ether oxygens (including phenoxy) is 1. The fourth-order valence-corrected chi connectivity index (χ4v) is 4.10. The number of nitrogens with one attached hydrogen (secondary N) is 2. The maximum absolute atomic E-state index is 13.2. The molecular formula is C22H33N2O2+. The fourth-order valence-electron chi connectivity index (χ4n) is 4.10. The number of pyridine rings is 1. The average molecular weight is 358 g/mol. The van der Waals surface area contributed by atoms with Crippen molar-refractivity contribution in [1.29, 1.82) is 0 Å². The molecule has 0 bridgehead atoms. The molecule has 0 spiro atoms. The summed E-state index contributed by atoms with van der Waals surface area (Å²) < 4.78 is 5.83. The van der Waals surface area contributed by atoms with Gasteiger partial charge in [0.15, 0.2) is 5.43 Å². The maximum Gasteiger partial charge on any atom is 0.198 e. The van der Waals surface area contributed by atoms with Crippen molar-refractivity contribution in [2.75, 3.05) is 13.2 Å². The number of likely N-dealkylation sites (tertiary alicyclic amines) is 1. The third kappa shape index (κ3) is 4.12. The number of aromatic nitrogens is 1. The van der Waals surface area contributed by atoms with Gasteiger partial charge in [-0.3, -0.25) is 4.79 Å². The lowest BCUT2D eigenvalue weighted by molar-refractivity contribution is -0.944. The summed E-state index contributed by atoms with van der Waals surface area (Å²) in [6.07, 6.45) is 5.06. The summed E-state index contributed by atoms with van der Waals surface area (Å²) in [5, 5.41) is 0.747. The van der Waals surface area contributed by atoms with E-state index in [0.717, 1.165) is 34.5 Å². The molecule has 4 heteroatoms. The van der Waals surface area contributed by atoms with E-state index in [1.165, 1.54) is 32.2 Å². The van der Waals surface area contributed by atoms with Crippen molar-refractivity contribution in [2.45, 2.75) is 66.0 Å². The SMILES string of the molecule is CC[C@@H]1CCCC[NH+]1Cc1c(C)[nH]c2ccc(OCC(C)C)cc2c1=O. The van der Waals surface area contributed by atoms with Gasteiger partial charge in [-0.15, -0.1) is 0 Å². The predicted molar refractivity (Wildman–Crippen MR) is 107 cm³/mol. The minimum atomic E-state index is 0.166. The normalized spacial score (nSPS) is 20.7. The molecule has 3 rings (SSSR count). The molecule has 2 N–H and O–H groups in total. The van der Waals surface area contributed by atoms with Gasteiger partial charge in [0.05, 0.1) is 24.8 Å². The van der Waals surface area contributed by atoms with Gasteiger partial charge in [-0.1, -0.05) is 20.8 Å². The number of rotatable bonds is 6. The second-order valence-electron chi connectivity index (χ2n) is 8.16. The largest absolute Gasteiger partial charge is 0.493 e. The number of hydrogen-bond donors (Lipinski definition) is 2. The van der Waals surface area contributed by atoms with Gasteiger partial charge in [0, 0.05) is 16.6 Å². The molecule has 1 unspecified atom stereocenters. The third-order valence-electron chi connectivity index (χ3n) is 5.64. The van der Waals surface area contributed by atoms with Crippen LogP contribution in [0.5, 0.6) is 5.75 Å². The van der Waals surface area contributed by atoms with Crippen molar-refractivity contribution >= 4 is 10.9 Å². The molecule has 1 saturated heterocycles. The van der Waals surface area contributed by atoms with Crippen LogP contribution >= 0.6 is 0 Å². The van der Waals surface area contributed by atoms with E-state index in [1.54, 1.807) is 4.90 Å². The number of piperidine rings is 1. The fraction of sp³-hybridized carbons (Fsp3) is 0.591. The Labute approximate surface area is 156 Å². The zero-order chi connectivity index (χ0) is 18.7. The van der Waals surface area contributed by atoms with Crippen molar-refractivity contribution in [3.63, 3.8) is 0 Å². The minimum absolute atomic E-state index is 0.166. The van der Waals surface area contributed by atoms with Crippen LogP contribution in [-0.2, 0) is 6.54 Å². The molecule has 4 nitrogen and oxygen atoms in total. The molecule has 2 heterocycles. The molecule has 142 valence electrons. The van der Waals surface area contributed by atoms with Gasteiger partial charge in [0.2, 0.25) is 0 Å². The summed E-state index contributed by atoms with van der Waals surface area (Å²) in [6, 6.07) is 6.50. The molecule has 1 fully saturated rings. The standard InChI is InChI=1S/C22H32N2O2/c1-5-17-8-6-7-11-24(17)13-20-16(4)23-21-10-9-18(26-14-15(2)3)12-19(21)22(20)25/h9-10,12,15,17H,5-8,11,13-14H2,1-4H3,(H,23,25)/p+1/t17-/m1/s1. The van der Waals surface area contributed by atoms with E-state index in [9.17, 15) is 4.79 Å². The first-order valence-electron chi connectivity index (χ1n) is 10.1. The van der Waals surface area contributed by atoms with E-state index in [-0.39, 0.29) is 5.43 Å². The van der Waals surface area contributed by atoms with Crippen molar-refractivity contribution in [2.24, 2.45) is 5.92 Å². The van der Waals surface area contributed by atoms with Crippen LogP contribution in [0.2, 0.25) is 0 Å². The molecule has 2 aromatic rings. The maximum atomic E-state index is 13.2. The number of aromatic amines is 1. The lowest BCUT2D eigenvalue weighted by Gasteiger charge is -2.32. The molecule has 0 amide bonds. The van der Waals surface area contributed by atoms with Crippen LogP contribution in [0.4, 0.5) is 0 Å². The van der Waals surface area contributed by atoms with E-state index in [4.69, 9.17) is 4.74 Å². The molecule has 0 aliphatic carbocycles. The average Bonchev–Trinajstić information content (AvgIpc) is 2.64. The number of aryl methyl sites for hydroxylation is 1. The number of H-pyrrole nitrogens is 1. The Balaban J connectivity index is 1.93. The number of benzene rings is 1. The van der Waals surface area contributed by atoms with E-state index < -0.39 is 0 Å². The highest BCUT2D eigenvalue weighted by molar-refractivity contribution is 5.81. The highest BCUT2D eigenvalue weighted by atomic mass is 16.5. The third-order valence-corrected chi connectivity index (χ3v) is 5.64. The Bertz CT molecular complexity index is 810. The Morgan fingerprint density at radius 1 is 1.31 bits per heavy atom. The highest BCUT2D eigenvalue weighted by Gasteiger charge is 2.26. The first-order valence-corrected chi connectivity index (χ1v) is 10.1. The summed E-state index contributed by atoms with van der Waals surface area (Å²) >= 11 is 0. The Morgan fingerprint density at radius 3 is 2.85 bits per heavy atom. The summed E-state index contributed by atoms with van der Waals surface area (Å²) in [6.45, 7) is 11.2. The highest BCUT2D eigenvalue weighted by Crippen LogP contribution is 2.19. The predicted octanol–water partition coefficient (Wildman–Crippen LogP) is 3.22. The van der Waals surface area contributed by atoms with Crippen LogP contribution in [0.3, 0.4) is 0 Å². The smallest absolute Gasteiger partial charge is 0.198 e. The number of hydrogen-bond acceptors (Lipinski definition) is 2. The van der Waals surface area contributed by atoms with Crippen LogP contribution in [0.25, 0.3) is 10.9 Å². The van der Waals surface area contributed by atoms with Crippen molar-refractivity contribution in [1.82, 2.24) is 4.98 Å². The molecule has 1 aliphatic heterocycles. The summed E-state index contributed by atoms with van der Waals surface area (Å²) in [5.74, 6) is 1.24. The van der Waals surface area contributed by atoms with E-state index in [2.05, 4.69) is 25.8 Å². The van der Waals surface area contributed by atoms with Crippen LogP contribution in [0.1, 0.15) is 57.7 Å². The zero-order valence-electron chi connectivity index (χ0n) is 16.7. The van der Waals surface area contributed by atoms with Gasteiger partial charge in [-0.25, -0.2) is 0 Å². The molecule has 1 aromatic heterocycles. The molecule has 2 atom stereocenters. The second-order valence-corrected chi connectivity index (χ2v) is 8.16. The van der Waals surface area contributed by atoms with Crippen LogP contribution in [0.15, 0.2) is 23.0 Å². The summed E-state index contributed by atoms with van der Waals surface area (Å²) in [4.78, 5) is 18.2. The zero-order valence-corrected chi connectivity index (χ0v) is 16.7. The van der Waals surface area contributed by atoms with E-state index in [1.807, 2.05) is 25.1 Å². The molecule has 1 aromatic carbocycles. The lowest BCUT2D eigenvalue weighted by atomic mass is 9.98. The monoisotopic (exact) mass is 357 g/mol. The van der Waals surface area contributed by atoms with Gasteiger partial charge in [0.25, 0.3) is 0 Å². The van der Waals surface area contributed by atoms with Gasteiger partial charge in [-0.05, 0) is 56.7 Å². The Hall–Kier alpha value is -1.81. The van der Waals surface area contributed by atoms with Crippen molar-refractivity contribution in [3.05, 3.63) is 39.7 Å². The summed E-state index contributed by atoms with van der Waals surface area (Å²) in [5.41, 5.74) is 3.01. The summed E-state index contributed by atoms with van der Waals surface area (Å²) in [7, 11) is 0. The first kappa shape index (κ1) is 19.0. The molecule has 26 heavy (non-hydrogen) atoms. The Kier molecular flexibility index (Phi) is 6.02. The quantitative estimate of drug-likeness (QED) is 0.834.